The molecule has 0 fully saturated rings. The molecule has 0 spiro atoms. The van der Waals surface area contributed by atoms with Gasteiger partial charge in [0.25, 0.3) is 0 Å². The maximum Gasteiger partial charge on any atom is 0.163 e. The summed E-state index contributed by atoms with van der Waals surface area (Å²) in [6, 6.07) is 6.40. The van der Waals surface area contributed by atoms with Gasteiger partial charge in [0.2, 0.25) is 0 Å². The number of fused-ring (bicyclic) bond motifs is 1. The first-order valence-corrected chi connectivity index (χ1v) is 12.3. The SMILES string of the molecule is CCC(CC)n1c(Cc2cscn2)nc2cc(C(=O)C[C@H](COC)CC(C)C)ccc21. The Bertz CT molecular complexity index is 974. The predicted molar refractivity (Wildman–Crippen MR) is 128 cm³/mol. The Morgan fingerprint density at radius 3 is 2.61 bits per heavy atom. The highest BCUT2D eigenvalue weighted by Crippen LogP contribution is 2.28. The summed E-state index contributed by atoms with van der Waals surface area (Å²) < 4.78 is 7.72. The van der Waals surface area contributed by atoms with E-state index < -0.39 is 0 Å². The van der Waals surface area contributed by atoms with Crippen LogP contribution in [0, 0.1) is 11.8 Å². The zero-order chi connectivity index (χ0) is 22.4. The number of benzene rings is 1. The number of imidazole rings is 1. The summed E-state index contributed by atoms with van der Waals surface area (Å²) in [6.07, 6.45) is 4.29. The van der Waals surface area contributed by atoms with Crippen LogP contribution in [0.25, 0.3) is 11.0 Å². The molecule has 0 bridgehead atoms. The van der Waals surface area contributed by atoms with Crippen molar-refractivity contribution in [3.05, 3.63) is 46.2 Å². The highest BCUT2D eigenvalue weighted by Gasteiger charge is 2.21. The molecule has 5 nitrogen and oxygen atoms in total. The van der Waals surface area contributed by atoms with Gasteiger partial charge in [-0.3, -0.25) is 4.79 Å². The fourth-order valence-corrected chi connectivity index (χ4v) is 5.05. The van der Waals surface area contributed by atoms with Crippen molar-refractivity contribution in [2.24, 2.45) is 11.8 Å². The molecule has 0 saturated carbocycles. The van der Waals surface area contributed by atoms with E-state index in [-0.39, 0.29) is 11.7 Å². The molecule has 0 N–H and O–H groups in total. The molecule has 1 aromatic carbocycles. The minimum atomic E-state index is 0.169. The van der Waals surface area contributed by atoms with E-state index in [9.17, 15) is 4.79 Å². The molecule has 6 heteroatoms. The average molecular weight is 442 g/mol. The lowest BCUT2D eigenvalue weighted by Crippen LogP contribution is -2.16. The van der Waals surface area contributed by atoms with Crippen LogP contribution in [-0.4, -0.2) is 34.0 Å². The first-order valence-electron chi connectivity index (χ1n) is 11.4. The Morgan fingerprint density at radius 1 is 1.23 bits per heavy atom. The monoisotopic (exact) mass is 441 g/mol. The maximum atomic E-state index is 13.1. The summed E-state index contributed by atoms with van der Waals surface area (Å²) in [7, 11) is 1.71. The van der Waals surface area contributed by atoms with Gasteiger partial charge in [0.1, 0.15) is 5.82 Å². The molecule has 0 aliphatic heterocycles. The second-order valence-corrected chi connectivity index (χ2v) is 9.53. The molecule has 0 radical (unpaired) electrons. The highest BCUT2D eigenvalue weighted by atomic mass is 32.1. The van der Waals surface area contributed by atoms with Crippen molar-refractivity contribution in [3.63, 3.8) is 0 Å². The number of methoxy groups -OCH3 is 1. The molecule has 1 atom stereocenters. The van der Waals surface area contributed by atoms with Gasteiger partial charge in [-0.25, -0.2) is 9.97 Å². The largest absolute Gasteiger partial charge is 0.384 e. The summed E-state index contributed by atoms with van der Waals surface area (Å²) >= 11 is 1.61. The zero-order valence-corrected chi connectivity index (χ0v) is 20.2. The first kappa shape index (κ1) is 23.6. The lowest BCUT2D eigenvalue weighted by molar-refractivity contribution is 0.0886. The second-order valence-electron chi connectivity index (χ2n) is 8.81. The van der Waals surface area contributed by atoms with Crippen molar-refractivity contribution in [2.75, 3.05) is 13.7 Å². The number of carbonyl (C=O) groups is 1. The van der Waals surface area contributed by atoms with Crippen LogP contribution in [0.5, 0.6) is 0 Å². The molecule has 0 aliphatic rings. The van der Waals surface area contributed by atoms with Crippen molar-refractivity contribution in [3.8, 4) is 0 Å². The summed E-state index contributed by atoms with van der Waals surface area (Å²) in [5.41, 5.74) is 5.65. The van der Waals surface area contributed by atoms with E-state index in [2.05, 4.69) is 48.7 Å². The minimum Gasteiger partial charge on any atom is -0.384 e. The molecule has 0 saturated heterocycles. The molecule has 2 aromatic heterocycles. The number of hydrogen-bond acceptors (Lipinski definition) is 5. The molecular weight excluding hydrogens is 406 g/mol. The van der Waals surface area contributed by atoms with Crippen LogP contribution in [0.3, 0.4) is 0 Å². The summed E-state index contributed by atoms with van der Waals surface area (Å²) in [4.78, 5) is 22.5. The number of rotatable bonds is 12. The summed E-state index contributed by atoms with van der Waals surface area (Å²) in [5, 5.41) is 2.08. The number of ketones is 1. The van der Waals surface area contributed by atoms with Crippen LogP contribution < -0.4 is 0 Å². The van der Waals surface area contributed by atoms with Crippen LogP contribution >= 0.6 is 11.3 Å². The number of Topliss-reactive ketones (excluding diaryl/α,β-unsaturated/α-hetero) is 1. The molecule has 0 aliphatic carbocycles. The van der Waals surface area contributed by atoms with E-state index in [0.717, 1.165) is 47.4 Å². The summed E-state index contributed by atoms with van der Waals surface area (Å²) in [6.45, 7) is 9.43. The number of aromatic nitrogens is 3. The molecule has 3 rings (SSSR count). The summed E-state index contributed by atoms with van der Waals surface area (Å²) in [5.74, 6) is 1.98. The van der Waals surface area contributed by atoms with Crippen molar-refractivity contribution in [1.82, 2.24) is 14.5 Å². The van der Waals surface area contributed by atoms with Crippen LogP contribution in [0.15, 0.2) is 29.1 Å². The van der Waals surface area contributed by atoms with Gasteiger partial charge in [-0.1, -0.05) is 27.7 Å². The molecule has 0 amide bonds. The number of nitrogens with zero attached hydrogens (tertiary/aromatic N) is 3. The van der Waals surface area contributed by atoms with Gasteiger partial charge in [-0.2, -0.15) is 0 Å². The maximum absolute atomic E-state index is 13.1. The lowest BCUT2D eigenvalue weighted by Gasteiger charge is -2.19. The van der Waals surface area contributed by atoms with Crippen LogP contribution in [0.4, 0.5) is 0 Å². The quantitative estimate of drug-likeness (QED) is 0.308. The highest BCUT2D eigenvalue weighted by molar-refractivity contribution is 7.07. The average Bonchev–Trinajstić information content (AvgIpc) is 3.36. The number of thiazole rings is 1. The smallest absolute Gasteiger partial charge is 0.163 e. The molecule has 2 heterocycles. The van der Waals surface area contributed by atoms with E-state index in [4.69, 9.17) is 9.72 Å². The van der Waals surface area contributed by atoms with E-state index in [1.165, 1.54) is 0 Å². The third-order valence-corrected chi connectivity index (χ3v) is 6.53. The van der Waals surface area contributed by atoms with Gasteiger partial charge in [0.05, 0.1) is 22.2 Å². The van der Waals surface area contributed by atoms with Crippen LogP contribution in [-0.2, 0) is 11.2 Å². The van der Waals surface area contributed by atoms with Gasteiger partial charge in [0, 0.05) is 43.5 Å². The van der Waals surface area contributed by atoms with Gasteiger partial charge >= 0.3 is 0 Å². The predicted octanol–water partition coefficient (Wildman–Crippen LogP) is 6.33. The minimum absolute atomic E-state index is 0.169. The third kappa shape index (κ3) is 5.80. The number of hydrogen-bond donors (Lipinski definition) is 0. The third-order valence-electron chi connectivity index (χ3n) is 5.90. The second kappa shape index (κ2) is 11.0. The fourth-order valence-electron chi connectivity index (χ4n) is 4.49. The van der Waals surface area contributed by atoms with E-state index >= 15 is 0 Å². The molecular formula is C25H35N3O2S. The van der Waals surface area contributed by atoms with Crippen molar-refractivity contribution in [2.45, 2.75) is 65.8 Å². The van der Waals surface area contributed by atoms with Crippen LogP contribution in [0.2, 0.25) is 0 Å². The van der Waals surface area contributed by atoms with Gasteiger partial charge in [-0.05, 0) is 49.3 Å². The lowest BCUT2D eigenvalue weighted by atomic mass is 9.91. The van der Waals surface area contributed by atoms with Gasteiger partial charge in [-0.15, -0.1) is 11.3 Å². The van der Waals surface area contributed by atoms with Crippen LogP contribution in [0.1, 0.15) is 81.3 Å². The zero-order valence-electron chi connectivity index (χ0n) is 19.4. The molecule has 0 unspecified atom stereocenters. The Morgan fingerprint density at radius 2 is 2.00 bits per heavy atom. The Hall–Kier alpha value is -2.05. The molecule has 168 valence electrons. The Balaban J connectivity index is 1.93. The van der Waals surface area contributed by atoms with Crippen molar-refractivity contribution < 1.29 is 9.53 Å². The van der Waals surface area contributed by atoms with E-state index in [1.54, 1.807) is 18.4 Å². The topological polar surface area (TPSA) is 57.0 Å². The Kier molecular flexibility index (Phi) is 8.38. The van der Waals surface area contributed by atoms with E-state index in [0.29, 0.717) is 31.4 Å². The van der Waals surface area contributed by atoms with Crippen molar-refractivity contribution >= 4 is 28.2 Å². The molecule has 31 heavy (non-hydrogen) atoms. The number of carbonyl (C=O) groups excluding carboxylic acids is 1. The van der Waals surface area contributed by atoms with Gasteiger partial charge < -0.3 is 9.30 Å². The fraction of sp³-hybridized carbons (Fsp3) is 0.560. The van der Waals surface area contributed by atoms with Gasteiger partial charge in [0.15, 0.2) is 5.78 Å². The Labute approximate surface area is 189 Å². The normalized spacial score (nSPS) is 12.9. The molecule has 3 aromatic rings. The standard InChI is InChI=1S/C25H35N3O2S/c1-6-21(7-2)28-23-9-8-19(24(29)11-18(14-30-5)10-17(3)4)12-22(23)27-25(28)13-20-15-31-16-26-20/h8-9,12,15-18,21H,6-7,10-11,13-14H2,1-5H3/t18-/m1/s1. The van der Waals surface area contributed by atoms with Crippen molar-refractivity contribution in [1.29, 1.82) is 0 Å². The number of ether oxygens (including phenoxy) is 1. The van der Waals surface area contributed by atoms with E-state index in [1.807, 2.05) is 17.6 Å². The first-order chi connectivity index (χ1) is 15.0.